The fourth-order valence-electron chi connectivity index (χ4n) is 6.17. The number of hydrogen-bond acceptors (Lipinski definition) is 9. The van der Waals surface area contributed by atoms with Crippen molar-refractivity contribution in [2.45, 2.75) is 187 Å². The molecule has 0 spiro atoms. The van der Waals surface area contributed by atoms with Gasteiger partial charge in [-0.3, -0.25) is 14.2 Å². The van der Waals surface area contributed by atoms with Crippen molar-refractivity contribution in [1.29, 1.82) is 0 Å². The lowest BCUT2D eigenvalue weighted by Crippen LogP contribution is -2.37. The molecule has 0 rings (SSSR count). The van der Waals surface area contributed by atoms with Crippen molar-refractivity contribution in [2.24, 2.45) is 0 Å². The van der Waals surface area contributed by atoms with Crippen LogP contribution >= 0.6 is 7.82 Å². The van der Waals surface area contributed by atoms with Gasteiger partial charge in [-0.15, -0.1) is 0 Å². The van der Waals surface area contributed by atoms with Gasteiger partial charge in [-0.1, -0.05) is 176 Å². The van der Waals surface area contributed by atoms with Crippen LogP contribution in [0.1, 0.15) is 174 Å². The first-order chi connectivity index (χ1) is 30.4. The highest BCUT2D eigenvalue weighted by atomic mass is 31.2. The second-order valence-electron chi connectivity index (χ2n) is 17.3. The molecule has 0 bridgehead atoms. The molecule has 10 nitrogen and oxygen atoms in total. The topological polar surface area (TPSA) is 131 Å². The fourth-order valence-corrected chi connectivity index (χ4v) is 6.90. The van der Waals surface area contributed by atoms with Crippen molar-refractivity contribution in [3.8, 4) is 0 Å². The molecular formula is C52H90NO9P. The SMILES string of the molecule is CC/C=C\C/C=C\CC(O)/C=C/C=C\C/C=C\C/C=C\CCC(=O)OC[C@H](COP(=O)([O-])OCC[N+](C)(C)C)OC(=O)CCCCCCCCCCC/C=C\CCCCCCCC. The molecule has 2 unspecified atom stereocenters. The molecule has 0 saturated carbocycles. The summed E-state index contributed by atoms with van der Waals surface area (Å²) >= 11 is 0. The number of allylic oxidation sites excluding steroid dienone is 12. The second kappa shape index (κ2) is 43.1. The molecule has 0 aliphatic heterocycles. The Morgan fingerprint density at radius 2 is 1.14 bits per heavy atom. The van der Waals surface area contributed by atoms with Crippen molar-refractivity contribution in [3.63, 3.8) is 0 Å². The highest BCUT2D eigenvalue weighted by Gasteiger charge is 2.21. The summed E-state index contributed by atoms with van der Waals surface area (Å²) in [5, 5.41) is 10.0. The molecule has 0 aliphatic carbocycles. The third kappa shape index (κ3) is 46.9. The van der Waals surface area contributed by atoms with E-state index in [2.05, 4.69) is 44.2 Å². The number of aliphatic hydroxyl groups excluding tert-OH is 1. The molecule has 1 N–H and O–H groups in total. The van der Waals surface area contributed by atoms with Gasteiger partial charge in [0.2, 0.25) is 0 Å². The van der Waals surface area contributed by atoms with Crippen molar-refractivity contribution in [3.05, 3.63) is 85.1 Å². The lowest BCUT2D eigenvalue weighted by Gasteiger charge is -2.28. The number of phosphoric acid groups is 1. The Morgan fingerprint density at radius 3 is 1.76 bits per heavy atom. The molecule has 63 heavy (non-hydrogen) atoms. The number of rotatable bonds is 43. The van der Waals surface area contributed by atoms with Crippen LogP contribution in [0, 0.1) is 0 Å². The molecule has 0 heterocycles. The minimum Gasteiger partial charge on any atom is -0.756 e. The average molecular weight is 904 g/mol. The number of unbranched alkanes of at least 4 members (excludes halogenated alkanes) is 15. The van der Waals surface area contributed by atoms with Gasteiger partial charge in [0.1, 0.15) is 19.8 Å². The first-order valence-corrected chi connectivity index (χ1v) is 25.9. The van der Waals surface area contributed by atoms with Crippen LogP contribution in [0.4, 0.5) is 0 Å². The van der Waals surface area contributed by atoms with E-state index in [4.69, 9.17) is 18.5 Å². The highest BCUT2D eigenvalue weighted by molar-refractivity contribution is 7.45. The van der Waals surface area contributed by atoms with Gasteiger partial charge in [-0.05, 0) is 70.6 Å². The number of carbonyl (C=O) groups excluding carboxylic acids is 2. The smallest absolute Gasteiger partial charge is 0.306 e. The summed E-state index contributed by atoms with van der Waals surface area (Å²) in [5.41, 5.74) is 0. The summed E-state index contributed by atoms with van der Waals surface area (Å²) in [6.45, 7) is 3.94. The van der Waals surface area contributed by atoms with Crippen LogP contribution in [0.5, 0.6) is 0 Å². The van der Waals surface area contributed by atoms with Gasteiger partial charge in [0.15, 0.2) is 6.10 Å². The molecule has 0 amide bonds. The molecule has 3 atom stereocenters. The Kier molecular flexibility index (Phi) is 41.1. The van der Waals surface area contributed by atoms with Crippen LogP contribution in [0.25, 0.3) is 0 Å². The fraction of sp³-hybridized carbons (Fsp3) is 0.692. The van der Waals surface area contributed by atoms with E-state index < -0.39 is 38.6 Å². The molecule has 0 fully saturated rings. The number of ether oxygens (including phenoxy) is 2. The maximum Gasteiger partial charge on any atom is 0.306 e. The lowest BCUT2D eigenvalue weighted by atomic mass is 10.1. The third-order valence-corrected chi connectivity index (χ3v) is 11.0. The van der Waals surface area contributed by atoms with Crippen molar-refractivity contribution in [1.82, 2.24) is 0 Å². The summed E-state index contributed by atoms with van der Waals surface area (Å²) in [6, 6.07) is 0. The van der Waals surface area contributed by atoms with Gasteiger partial charge in [-0.2, -0.15) is 0 Å². The van der Waals surface area contributed by atoms with E-state index in [-0.39, 0.29) is 26.1 Å². The second-order valence-corrected chi connectivity index (χ2v) is 18.7. The van der Waals surface area contributed by atoms with Crippen LogP contribution < -0.4 is 4.89 Å². The Labute approximate surface area is 384 Å². The molecular weight excluding hydrogens is 814 g/mol. The van der Waals surface area contributed by atoms with Gasteiger partial charge < -0.3 is 33.0 Å². The number of quaternary nitrogens is 1. The summed E-state index contributed by atoms with van der Waals surface area (Å²) in [4.78, 5) is 37.6. The molecule has 0 aromatic carbocycles. The molecule has 0 aromatic rings. The lowest BCUT2D eigenvalue weighted by molar-refractivity contribution is -0.870. The Bertz CT molecular complexity index is 1360. The summed E-state index contributed by atoms with van der Waals surface area (Å²) < 4.78 is 33.9. The normalized spacial score (nSPS) is 14.7. The predicted molar refractivity (Wildman–Crippen MR) is 260 cm³/mol. The van der Waals surface area contributed by atoms with Crippen molar-refractivity contribution < 1.29 is 47.2 Å². The minimum absolute atomic E-state index is 0.0547. The number of aliphatic hydroxyl groups is 1. The number of hydrogen-bond donors (Lipinski definition) is 1. The quantitative estimate of drug-likeness (QED) is 0.0159. The zero-order valence-corrected chi connectivity index (χ0v) is 41.2. The van der Waals surface area contributed by atoms with Crippen LogP contribution in [-0.4, -0.2) is 81.2 Å². The van der Waals surface area contributed by atoms with E-state index in [1.807, 2.05) is 69.8 Å². The van der Waals surface area contributed by atoms with Gasteiger partial charge in [-0.25, -0.2) is 0 Å². The third-order valence-electron chi connectivity index (χ3n) is 9.99. The van der Waals surface area contributed by atoms with E-state index >= 15 is 0 Å². The Morgan fingerprint density at radius 1 is 0.603 bits per heavy atom. The van der Waals surface area contributed by atoms with Gasteiger partial charge in [0.25, 0.3) is 7.82 Å². The number of carbonyl (C=O) groups is 2. The van der Waals surface area contributed by atoms with Crippen molar-refractivity contribution >= 4 is 19.8 Å². The van der Waals surface area contributed by atoms with Crippen LogP contribution in [0.3, 0.4) is 0 Å². The highest BCUT2D eigenvalue weighted by Crippen LogP contribution is 2.38. The standard InChI is InChI=1S/C52H90NO9P/c1-6-8-10-12-14-15-16-17-18-19-20-21-22-23-24-29-32-36-40-44-52(56)62-50(48-61-63(57,58)60-46-45-53(3,4)5)47-59-51(55)43-39-35-31-28-26-25-27-30-34-38-42-49(54)41-37-33-13-11-9-7-2/h9,11,17-18,25-26,30-31,33-35,37-38,42,49-50,54H,6-8,10,12-16,19-24,27-29,32,36,39-41,43-48H2,1-5H3/b11-9-,18-17-,26-25-,34-30-,35-31-,37-33-,42-38+/t49?,50-/m1/s1. The maximum absolute atomic E-state index is 12.7. The van der Waals surface area contributed by atoms with Crippen molar-refractivity contribution in [2.75, 3.05) is 47.5 Å². The van der Waals surface area contributed by atoms with Gasteiger partial charge >= 0.3 is 11.9 Å². The summed E-state index contributed by atoms with van der Waals surface area (Å²) in [5.74, 6) is -0.969. The minimum atomic E-state index is -4.66. The van der Waals surface area contributed by atoms with Crippen LogP contribution in [0.15, 0.2) is 85.1 Å². The van der Waals surface area contributed by atoms with E-state index in [1.165, 1.54) is 83.5 Å². The summed E-state index contributed by atoms with van der Waals surface area (Å²) in [6.07, 6.45) is 52.2. The number of esters is 2. The number of phosphoric ester groups is 1. The molecule has 0 radical (unpaired) electrons. The molecule has 11 heteroatoms. The predicted octanol–water partition coefficient (Wildman–Crippen LogP) is 12.7. The summed E-state index contributed by atoms with van der Waals surface area (Å²) in [7, 11) is 1.09. The van der Waals surface area contributed by atoms with E-state index in [0.29, 0.717) is 30.3 Å². The zero-order valence-electron chi connectivity index (χ0n) is 40.4. The number of likely N-dealkylation sites (N-methyl/N-ethyl adjacent to an activating group) is 1. The molecule has 0 aliphatic rings. The first-order valence-electron chi connectivity index (χ1n) is 24.4. The number of nitrogens with zero attached hydrogens (tertiary/aromatic N) is 1. The van der Waals surface area contributed by atoms with Gasteiger partial charge in [0.05, 0.1) is 33.9 Å². The van der Waals surface area contributed by atoms with Crippen LogP contribution in [0.2, 0.25) is 0 Å². The molecule has 362 valence electrons. The maximum atomic E-state index is 12.7. The zero-order chi connectivity index (χ0) is 46.5. The monoisotopic (exact) mass is 904 g/mol. The average Bonchev–Trinajstić information content (AvgIpc) is 3.23. The van der Waals surface area contributed by atoms with Crippen LogP contribution in [-0.2, 0) is 32.7 Å². The van der Waals surface area contributed by atoms with E-state index in [1.54, 1.807) is 6.08 Å². The first kappa shape index (κ1) is 60.2. The Balaban J connectivity index is 4.47. The van der Waals surface area contributed by atoms with E-state index in [9.17, 15) is 24.2 Å². The largest absolute Gasteiger partial charge is 0.756 e. The molecule has 0 saturated heterocycles. The van der Waals surface area contributed by atoms with E-state index in [0.717, 1.165) is 44.9 Å². The Hall–Kier alpha value is -2.85. The van der Waals surface area contributed by atoms with Gasteiger partial charge in [0, 0.05) is 12.8 Å². The molecule has 0 aromatic heterocycles.